The molecule has 134 valence electrons. The zero-order valence-corrected chi connectivity index (χ0v) is 16.2. The number of hydrogen-bond acceptors (Lipinski definition) is 0. The molecule has 0 radical (unpaired) electrons. The van der Waals surface area contributed by atoms with Crippen LogP contribution in [-0.4, -0.2) is 0 Å². The Labute approximate surface area is 158 Å². The molecule has 0 spiro atoms. The Morgan fingerprint density at radius 2 is 1.15 bits per heavy atom. The highest BCUT2D eigenvalue weighted by molar-refractivity contribution is 5.77. The molecule has 0 bridgehead atoms. The Morgan fingerprint density at radius 3 is 1.77 bits per heavy atom. The van der Waals surface area contributed by atoms with Crippen molar-refractivity contribution in [2.45, 2.75) is 52.4 Å². The maximum absolute atomic E-state index is 2.45. The van der Waals surface area contributed by atoms with Crippen LogP contribution < -0.4 is 0 Å². The fourth-order valence-corrected chi connectivity index (χ4v) is 3.64. The van der Waals surface area contributed by atoms with Crippen LogP contribution in [0.5, 0.6) is 0 Å². The van der Waals surface area contributed by atoms with E-state index in [0.29, 0.717) is 0 Å². The van der Waals surface area contributed by atoms with Crippen LogP contribution in [0.25, 0.3) is 22.3 Å². The molecule has 3 aromatic rings. The topological polar surface area (TPSA) is 0 Å². The lowest BCUT2D eigenvalue weighted by Crippen LogP contribution is -2.00. The van der Waals surface area contributed by atoms with Crippen LogP contribution >= 0.6 is 0 Å². The summed E-state index contributed by atoms with van der Waals surface area (Å²) >= 11 is 0. The SMILES string of the molecule is CCCCc1cc(-c2ccccc2)cc(-c2ccccc2)c1CCCC. The summed E-state index contributed by atoms with van der Waals surface area (Å²) in [5.41, 5.74) is 8.52. The van der Waals surface area contributed by atoms with Gasteiger partial charge in [0.05, 0.1) is 0 Å². The van der Waals surface area contributed by atoms with Crippen molar-refractivity contribution < 1.29 is 0 Å². The first-order valence-electron chi connectivity index (χ1n) is 10.1. The molecule has 0 nitrogen and oxygen atoms in total. The van der Waals surface area contributed by atoms with Crippen molar-refractivity contribution in [3.63, 3.8) is 0 Å². The fourth-order valence-electron chi connectivity index (χ4n) is 3.64. The van der Waals surface area contributed by atoms with Gasteiger partial charge in [-0.3, -0.25) is 0 Å². The van der Waals surface area contributed by atoms with Gasteiger partial charge in [-0.2, -0.15) is 0 Å². The number of rotatable bonds is 8. The first kappa shape index (κ1) is 18.5. The highest BCUT2D eigenvalue weighted by atomic mass is 14.2. The summed E-state index contributed by atoms with van der Waals surface area (Å²) in [7, 11) is 0. The lowest BCUT2D eigenvalue weighted by molar-refractivity contribution is 0.759. The van der Waals surface area contributed by atoms with E-state index in [2.05, 4.69) is 86.6 Å². The summed E-state index contributed by atoms with van der Waals surface area (Å²) < 4.78 is 0. The molecule has 0 amide bonds. The van der Waals surface area contributed by atoms with Gasteiger partial charge in [0.1, 0.15) is 0 Å². The van der Waals surface area contributed by atoms with Crippen LogP contribution in [0.1, 0.15) is 50.7 Å². The first-order valence-corrected chi connectivity index (χ1v) is 10.1. The summed E-state index contributed by atoms with van der Waals surface area (Å²) in [6, 6.07) is 26.6. The van der Waals surface area contributed by atoms with Crippen LogP contribution in [0.4, 0.5) is 0 Å². The molecule has 0 N–H and O–H groups in total. The van der Waals surface area contributed by atoms with Gasteiger partial charge in [-0.15, -0.1) is 0 Å². The Hall–Kier alpha value is -2.34. The third kappa shape index (κ3) is 4.43. The number of aryl methyl sites for hydroxylation is 1. The Morgan fingerprint density at radius 1 is 0.577 bits per heavy atom. The van der Waals surface area contributed by atoms with Gasteiger partial charge in [-0.1, -0.05) is 93.4 Å². The maximum Gasteiger partial charge on any atom is -0.0143 e. The lowest BCUT2D eigenvalue weighted by Gasteiger charge is -2.18. The molecule has 0 fully saturated rings. The van der Waals surface area contributed by atoms with Gasteiger partial charge in [-0.25, -0.2) is 0 Å². The molecule has 0 aliphatic heterocycles. The molecule has 0 atom stereocenters. The molecular formula is C26H30. The van der Waals surface area contributed by atoms with Gasteiger partial charge in [0.2, 0.25) is 0 Å². The smallest absolute Gasteiger partial charge is 0.0143 e. The average Bonchev–Trinajstić information content (AvgIpc) is 2.71. The van der Waals surface area contributed by atoms with Crippen molar-refractivity contribution in [2.75, 3.05) is 0 Å². The number of hydrogen-bond donors (Lipinski definition) is 0. The van der Waals surface area contributed by atoms with E-state index in [-0.39, 0.29) is 0 Å². The van der Waals surface area contributed by atoms with Crippen LogP contribution in [0.3, 0.4) is 0 Å². The number of unbranched alkanes of at least 4 members (excludes halogenated alkanes) is 2. The molecule has 0 aliphatic rings. The minimum Gasteiger partial charge on any atom is -0.0654 e. The van der Waals surface area contributed by atoms with Crippen molar-refractivity contribution in [3.8, 4) is 22.3 Å². The molecule has 0 unspecified atom stereocenters. The predicted molar refractivity (Wildman–Crippen MR) is 115 cm³/mol. The summed E-state index contributed by atoms with van der Waals surface area (Å²) in [6.07, 6.45) is 7.34. The summed E-state index contributed by atoms with van der Waals surface area (Å²) in [5, 5.41) is 0. The highest BCUT2D eigenvalue weighted by Crippen LogP contribution is 2.34. The van der Waals surface area contributed by atoms with E-state index in [9.17, 15) is 0 Å². The summed E-state index contributed by atoms with van der Waals surface area (Å²) in [4.78, 5) is 0. The molecule has 0 saturated carbocycles. The summed E-state index contributed by atoms with van der Waals surface area (Å²) in [5.74, 6) is 0. The molecule has 0 heteroatoms. The molecule has 0 saturated heterocycles. The van der Waals surface area contributed by atoms with Crippen LogP contribution in [0, 0.1) is 0 Å². The van der Waals surface area contributed by atoms with Crippen molar-refractivity contribution in [3.05, 3.63) is 83.9 Å². The quantitative estimate of drug-likeness (QED) is 0.393. The van der Waals surface area contributed by atoms with E-state index in [0.717, 1.165) is 0 Å². The monoisotopic (exact) mass is 342 g/mol. The standard InChI is InChI=1S/C26H30/c1-3-5-13-23-19-24(21-14-9-7-10-15-21)20-26(25(23)18-6-4-2)22-16-11-8-12-17-22/h7-12,14-17,19-20H,3-6,13,18H2,1-2H3. The fraction of sp³-hybridized carbons (Fsp3) is 0.308. The van der Waals surface area contributed by atoms with E-state index in [1.54, 1.807) is 11.1 Å². The van der Waals surface area contributed by atoms with Crippen molar-refractivity contribution in [1.82, 2.24) is 0 Å². The second-order valence-corrected chi connectivity index (χ2v) is 7.10. The lowest BCUT2D eigenvalue weighted by atomic mass is 9.86. The first-order chi connectivity index (χ1) is 12.8. The predicted octanol–water partition coefficient (Wildman–Crippen LogP) is 7.71. The number of benzene rings is 3. The zero-order chi connectivity index (χ0) is 18.2. The molecule has 0 heterocycles. The Kier molecular flexibility index (Phi) is 6.66. The van der Waals surface area contributed by atoms with Gasteiger partial charge in [0.15, 0.2) is 0 Å². The van der Waals surface area contributed by atoms with Crippen molar-refractivity contribution >= 4 is 0 Å². The van der Waals surface area contributed by atoms with Gasteiger partial charge >= 0.3 is 0 Å². The van der Waals surface area contributed by atoms with E-state index >= 15 is 0 Å². The Bertz CT molecular complexity index is 800. The Balaban J connectivity index is 2.16. The minimum atomic E-state index is 1.18. The van der Waals surface area contributed by atoms with Crippen molar-refractivity contribution in [2.24, 2.45) is 0 Å². The second-order valence-electron chi connectivity index (χ2n) is 7.10. The van der Waals surface area contributed by atoms with Gasteiger partial charge in [0.25, 0.3) is 0 Å². The molecule has 3 rings (SSSR count). The van der Waals surface area contributed by atoms with Crippen LogP contribution in [0.15, 0.2) is 72.8 Å². The molecule has 0 aliphatic carbocycles. The molecule has 26 heavy (non-hydrogen) atoms. The van der Waals surface area contributed by atoms with Crippen LogP contribution in [-0.2, 0) is 12.8 Å². The third-order valence-electron chi connectivity index (χ3n) is 5.11. The second kappa shape index (κ2) is 9.38. The van der Waals surface area contributed by atoms with Gasteiger partial charge < -0.3 is 0 Å². The highest BCUT2D eigenvalue weighted by Gasteiger charge is 2.13. The molecular weight excluding hydrogens is 312 g/mol. The largest absolute Gasteiger partial charge is 0.0654 e. The van der Waals surface area contributed by atoms with Crippen LogP contribution in [0.2, 0.25) is 0 Å². The summed E-state index contributed by atoms with van der Waals surface area (Å²) in [6.45, 7) is 4.57. The zero-order valence-electron chi connectivity index (χ0n) is 16.2. The molecule has 0 aromatic heterocycles. The van der Waals surface area contributed by atoms with Crippen molar-refractivity contribution in [1.29, 1.82) is 0 Å². The maximum atomic E-state index is 2.45. The van der Waals surface area contributed by atoms with E-state index in [1.165, 1.54) is 60.8 Å². The van der Waals surface area contributed by atoms with E-state index in [1.807, 2.05) is 0 Å². The average molecular weight is 343 g/mol. The molecule has 3 aromatic carbocycles. The third-order valence-corrected chi connectivity index (χ3v) is 5.11. The van der Waals surface area contributed by atoms with E-state index < -0.39 is 0 Å². The van der Waals surface area contributed by atoms with Gasteiger partial charge in [0, 0.05) is 0 Å². The normalized spacial score (nSPS) is 10.8. The minimum absolute atomic E-state index is 1.18. The van der Waals surface area contributed by atoms with Gasteiger partial charge in [-0.05, 0) is 65.1 Å². The van der Waals surface area contributed by atoms with E-state index in [4.69, 9.17) is 0 Å².